The van der Waals surface area contributed by atoms with Gasteiger partial charge in [-0.25, -0.2) is 0 Å². The van der Waals surface area contributed by atoms with E-state index in [0.717, 1.165) is 35.7 Å². The highest BCUT2D eigenvalue weighted by atomic mass is 35.5. The Labute approximate surface area is 149 Å². The summed E-state index contributed by atoms with van der Waals surface area (Å²) in [6, 6.07) is 5.30. The van der Waals surface area contributed by atoms with Gasteiger partial charge in [0.05, 0.1) is 12.6 Å². The summed E-state index contributed by atoms with van der Waals surface area (Å²) < 4.78 is 5.81. The monoisotopic (exact) mass is 361 g/mol. The predicted octanol–water partition coefficient (Wildman–Crippen LogP) is 0.789. The normalized spacial score (nSPS) is 23.0. The molecule has 0 aliphatic carbocycles. The molecule has 0 saturated carbocycles. The van der Waals surface area contributed by atoms with Crippen LogP contribution in [0.1, 0.15) is 19.3 Å². The van der Waals surface area contributed by atoms with Crippen LogP contribution in [0.2, 0.25) is 5.02 Å². The predicted molar refractivity (Wildman–Crippen MR) is 94.7 cm³/mol. The molecule has 7 heteroatoms. The average Bonchev–Trinajstić information content (AvgIpc) is 2.94. The average molecular weight is 362 g/mol. The second-order valence-corrected chi connectivity index (χ2v) is 7.08. The van der Waals surface area contributed by atoms with Crippen molar-refractivity contribution in [2.45, 2.75) is 31.4 Å². The van der Waals surface area contributed by atoms with Gasteiger partial charge in [-0.15, -0.1) is 0 Å². The number of nitrogens with one attached hydrogen (secondary N) is 1. The summed E-state index contributed by atoms with van der Waals surface area (Å²) in [5.74, 6) is 0.0764. The first kappa shape index (κ1) is 16.6. The lowest BCUT2D eigenvalue weighted by Gasteiger charge is -2.29. The van der Waals surface area contributed by atoms with Gasteiger partial charge in [0.15, 0.2) is 11.2 Å². The molecule has 132 valence electrons. The largest absolute Gasteiger partial charge is 0.453 e. The first-order valence-corrected chi connectivity index (χ1v) is 8.89. The summed E-state index contributed by atoms with van der Waals surface area (Å²) in [6.45, 7) is 1.51. The Morgan fingerprint density at radius 1 is 1.48 bits per heavy atom. The molecule has 0 spiro atoms. The van der Waals surface area contributed by atoms with Crippen molar-refractivity contribution in [3.63, 3.8) is 0 Å². The van der Waals surface area contributed by atoms with Crippen LogP contribution in [0.4, 0.5) is 0 Å². The van der Waals surface area contributed by atoms with E-state index in [0.29, 0.717) is 23.5 Å². The van der Waals surface area contributed by atoms with Crippen molar-refractivity contribution in [3.8, 4) is 0 Å². The maximum atomic E-state index is 12.4. The van der Waals surface area contributed by atoms with Crippen LogP contribution in [-0.4, -0.2) is 47.7 Å². The van der Waals surface area contributed by atoms with Gasteiger partial charge < -0.3 is 19.7 Å². The summed E-state index contributed by atoms with van der Waals surface area (Å²) in [5.41, 5.74) is 1.38. The first-order valence-electron chi connectivity index (χ1n) is 8.52. The zero-order valence-electron chi connectivity index (χ0n) is 13.7. The van der Waals surface area contributed by atoms with Gasteiger partial charge >= 0.3 is 0 Å². The fourth-order valence-electron chi connectivity index (χ4n) is 3.47. The molecule has 4 rings (SSSR count). The van der Waals surface area contributed by atoms with Gasteiger partial charge in [-0.1, -0.05) is 11.6 Å². The molecule has 2 atom stereocenters. The van der Waals surface area contributed by atoms with Gasteiger partial charge in [-0.05, 0) is 37.6 Å². The molecular formula is C18H20ClN3O3. The minimum atomic E-state index is -0.445. The summed E-state index contributed by atoms with van der Waals surface area (Å²) in [4.78, 5) is 18.7. The van der Waals surface area contributed by atoms with E-state index in [2.05, 4.69) is 10.3 Å². The van der Waals surface area contributed by atoms with E-state index in [9.17, 15) is 9.90 Å². The van der Waals surface area contributed by atoms with Gasteiger partial charge in [-0.2, -0.15) is 0 Å². The number of hydrogen-bond acceptors (Lipinski definition) is 6. The molecule has 2 N–H and O–H groups in total. The smallest absolute Gasteiger partial charge is 0.169 e. The van der Waals surface area contributed by atoms with Crippen molar-refractivity contribution in [1.82, 2.24) is 10.2 Å². The Balaban J connectivity index is 1.49. The molecule has 2 aliphatic rings. The molecular weight excluding hydrogens is 342 g/mol. The van der Waals surface area contributed by atoms with Crippen LogP contribution in [0, 0.1) is 0 Å². The van der Waals surface area contributed by atoms with E-state index in [-0.39, 0.29) is 18.4 Å². The quantitative estimate of drug-likeness (QED) is 0.841. The Morgan fingerprint density at radius 2 is 2.36 bits per heavy atom. The molecule has 1 aromatic carbocycles. The van der Waals surface area contributed by atoms with E-state index < -0.39 is 6.10 Å². The van der Waals surface area contributed by atoms with Crippen LogP contribution in [0.3, 0.4) is 0 Å². The number of aliphatic hydroxyl groups excluding tert-OH is 1. The molecule has 1 fully saturated rings. The SMILES string of the molecule is O=C(C[C@@H]1NCCC[C@H]1O)CN1C=c2oc3ccc(Cl)cc3c2=NC1. The van der Waals surface area contributed by atoms with Crippen molar-refractivity contribution in [2.75, 3.05) is 19.8 Å². The minimum absolute atomic E-state index is 0.0764. The number of hydrogen-bond donors (Lipinski definition) is 2. The van der Waals surface area contributed by atoms with Gasteiger partial charge in [0.25, 0.3) is 0 Å². The third-order valence-electron chi connectivity index (χ3n) is 4.74. The zero-order valence-corrected chi connectivity index (χ0v) is 14.5. The highest BCUT2D eigenvalue weighted by Crippen LogP contribution is 2.16. The number of ketones is 1. The molecule has 6 nitrogen and oxygen atoms in total. The highest BCUT2D eigenvalue weighted by molar-refractivity contribution is 6.31. The standard InChI is InChI=1S/C18H20ClN3O3/c19-11-3-4-16-13(6-11)18-17(25-16)9-22(10-21-18)8-12(23)7-14-15(24)2-1-5-20-14/h3-4,6,9,14-15,20,24H,1-2,5,7-8,10H2/t14-,15+/m0/s1. The fourth-order valence-corrected chi connectivity index (χ4v) is 3.64. The molecule has 0 amide bonds. The van der Waals surface area contributed by atoms with Gasteiger partial charge in [0.1, 0.15) is 17.6 Å². The van der Waals surface area contributed by atoms with Gasteiger partial charge in [0, 0.05) is 29.1 Å². The Bertz CT molecular complexity index is 924. The number of piperidine rings is 1. The molecule has 0 radical (unpaired) electrons. The number of halogens is 1. The number of carbonyl (C=O) groups excluding carboxylic acids is 1. The minimum Gasteiger partial charge on any atom is -0.453 e. The van der Waals surface area contributed by atoms with Crippen molar-refractivity contribution in [1.29, 1.82) is 0 Å². The van der Waals surface area contributed by atoms with E-state index in [1.165, 1.54) is 0 Å². The number of furan rings is 1. The molecule has 0 unspecified atom stereocenters. The zero-order chi connectivity index (χ0) is 17.4. The van der Waals surface area contributed by atoms with Crippen molar-refractivity contribution in [3.05, 3.63) is 34.0 Å². The lowest BCUT2D eigenvalue weighted by Crippen LogP contribution is -2.47. The topological polar surface area (TPSA) is 78.1 Å². The Morgan fingerprint density at radius 3 is 3.20 bits per heavy atom. The number of Topliss-reactive ketones (excluding diaryl/α,β-unsaturated/α-hetero) is 1. The van der Waals surface area contributed by atoms with Crippen LogP contribution >= 0.6 is 11.6 Å². The summed E-state index contributed by atoms with van der Waals surface area (Å²) in [6.07, 6.45) is 3.41. The van der Waals surface area contributed by atoms with Crippen LogP contribution in [0.25, 0.3) is 17.2 Å². The third-order valence-corrected chi connectivity index (χ3v) is 4.97. The molecule has 1 aromatic heterocycles. The third kappa shape index (κ3) is 3.42. The number of rotatable bonds is 4. The summed E-state index contributed by atoms with van der Waals surface area (Å²) >= 11 is 6.04. The van der Waals surface area contributed by atoms with Crippen LogP contribution in [-0.2, 0) is 4.79 Å². The van der Waals surface area contributed by atoms with E-state index in [1.54, 1.807) is 6.07 Å². The van der Waals surface area contributed by atoms with Crippen LogP contribution in [0.5, 0.6) is 0 Å². The van der Waals surface area contributed by atoms with E-state index >= 15 is 0 Å². The van der Waals surface area contributed by atoms with Crippen LogP contribution < -0.4 is 16.1 Å². The Hall–Kier alpha value is -1.89. The van der Waals surface area contributed by atoms with Crippen molar-refractivity contribution in [2.24, 2.45) is 4.99 Å². The number of fused-ring (bicyclic) bond motifs is 3. The van der Waals surface area contributed by atoms with E-state index in [4.69, 9.17) is 16.0 Å². The van der Waals surface area contributed by atoms with Crippen molar-refractivity contribution >= 4 is 34.6 Å². The molecule has 3 heterocycles. The molecule has 2 aliphatic heterocycles. The van der Waals surface area contributed by atoms with Gasteiger partial charge in [-0.3, -0.25) is 9.79 Å². The fraction of sp³-hybridized carbons (Fsp3) is 0.444. The molecule has 2 aromatic rings. The maximum absolute atomic E-state index is 12.4. The molecule has 0 bridgehead atoms. The summed E-state index contributed by atoms with van der Waals surface area (Å²) in [5, 5.41) is 15.5. The number of benzene rings is 1. The lowest BCUT2D eigenvalue weighted by atomic mass is 9.97. The number of aliphatic hydroxyl groups is 1. The number of nitrogens with zero attached hydrogens (tertiary/aromatic N) is 2. The van der Waals surface area contributed by atoms with Crippen molar-refractivity contribution < 1.29 is 14.3 Å². The lowest BCUT2D eigenvalue weighted by molar-refractivity contribution is -0.120. The molecule has 1 saturated heterocycles. The Kier molecular flexibility index (Phi) is 4.50. The second-order valence-electron chi connectivity index (χ2n) is 6.64. The number of carbonyl (C=O) groups is 1. The van der Waals surface area contributed by atoms with Gasteiger partial charge in [0.2, 0.25) is 0 Å². The second kappa shape index (κ2) is 6.78. The molecule has 25 heavy (non-hydrogen) atoms. The first-order chi connectivity index (χ1) is 12.1. The highest BCUT2D eigenvalue weighted by Gasteiger charge is 2.25. The summed E-state index contributed by atoms with van der Waals surface area (Å²) in [7, 11) is 0. The maximum Gasteiger partial charge on any atom is 0.169 e. The van der Waals surface area contributed by atoms with Crippen LogP contribution in [0.15, 0.2) is 27.6 Å². The van der Waals surface area contributed by atoms with E-state index in [1.807, 2.05) is 23.2 Å².